The maximum Gasteiger partial charge on any atom is 0.233 e. The fraction of sp³-hybridized carbons (Fsp3) is 0.389. The molecule has 0 saturated carbocycles. The van der Waals surface area contributed by atoms with Gasteiger partial charge in [0.1, 0.15) is 16.9 Å². The van der Waals surface area contributed by atoms with Crippen LogP contribution in [0.4, 0.5) is 0 Å². The first-order valence-corrected chi connectivity index (χ1v) is 9.03. The number of carbonyl (C=O) groups is 1. The van der Waals surface area contributed by atoms with Crippen LogP contribution < -0.4 is 9.47 Å². The van der Waals surface area contributed by atoms with Gasteiger partial charge in [-0.25, -0.2) is 0 Å². The van der Waals surface area contributed by atoms with Gasteiger partial charge >= 0.3 is 0 Å². The first-order chi connectivity index (χ1) is 11.6. The minimum Gasteiger partial charge on any atom is -0.463 e. The van der Waals surface area contributed by atoms with E-state index in [1.165, 1.54) is 0 Å². The van der Waals surface area contributed by atoms with E-state index >= 15 is 0 Å². The number of hydrogen-bond donors (Lipinski definition) is 0. The molecule has 2 aliphatic heterocycles. The normalized spacial score (nSPS) is 19.3. The Hall–Kier alpha value is -2.08. The number of hydrogen-bond acceptors (Lipinski definition) is 5. The topological polar surface area (TPSA) is 51.9 Å². The quantitative estimate of drug-likeness (QED) is 0.850. The van der Waals surface area contributed by atoms with E-state index in [-0.39, 0.29) is 18.1 Å². The van der Waals surface area contributed by atoms with Crippen LogP contribution in [-0.4, -0.2) is 29.9 Å². The van der Waals surface area contributed by atoms with Crippen LogP contribution in [-0.2, 0) is 11.2 Å². The Balaban J connectivity index is 1.48. The zero-order valence-electron chi connectivity index (χ0n) is 13.7. The zero-order valence-corrected chi connectivity index (χ0v) is 14.5. The van der Waals surface area contributed by atoms with Crippen molar-refractivity contribution in [2.75, 3.05) is 19.1 Å². The highest BCUT2D eigenvalue weighted by Gasteiger charge is 2.34. The second kappa shape index (κ2) is 6.09. The van der Waals surface area contributed by atoms with Crippen molar-refractivity contribution >= 4 is 17.7 Å². The molecule has 126 valence electrons. The van der Waals surface area contributed by atoms with Gasteiger partial charge < -0.3 is 18.8 Å². The molecule has 1 unspecified atom stereocenters. The SMILES string of the molecule is Cc1cc(C2SCC(=O)N2CCc2ccc3c(c2)OCO3)oc1C. The number of furan rings is 1. The highest BCUT2D eigenvalue weighted by atomic mass is 32.2. The van der Waals surface area contributed by atoms with Crippen molar-refractivity contribution < 1.29 is 18.7 Å². The molecule has 2 aliphatic rings. The fourth-order valence-electron chi connectivity index (χ4n) is 3.00. The summed E-state index contributed by atoms with van der Waals surface area (Å²) in [5.41, 5.74) is 2.26. The van der Waals surface area contributed by atoms with Crippen molar-refractivity contribution in [3.8, 4) is 11.5 Å². The van der Waals surface area contributed by atoms with E-state index < -0.39 is 0 Å². The molecule has 0 N–H and O–H groups in total. The Bertz CT molecular complexity index is 766. The molecule has 1 aromatic carbocycles. The average Bonchev–Trinajstić information content (AvgIpc) is 3.25. The number of thioether (sulfide) groups is 1. The number of fused-ring (bicyclic) bond motifs is 1. The fourth-order valence-corrected chi connectivity index (χ4v) is 4.15. The molecule has 1 amide bonds. The summed E-state index contributed by atoms with van der Waals surface area (Å²) in [5.74, 6) is 4.02. The molecule has 1 atom stereocenters. The number of rotatable bonds is 4. The lowest BCUT2D eigenvalue weighted by Gasteiger charge is -2.22. The lowest BCUT2D eigenvalue weighted by molar-refractivity contribution is -0.128. The largest absolute Gasteiger partial charge is 0.463 e. The molecule has 3 heterocycles. The molecule has 1 saturated heterocycles. The van der Waals surface area contributed by atoms with E-state index in [2.05, 4.69) is 0 Å². The minimum absolute atomic E-state index is 0.0288. The number of amides is 1. The van der Waals surface area contributed by atoms with Gasteiger partial charge in [0, 0.05) is 6.54 Å². The number of benzene rings is 1. The van der Waals surface area contributed by atoms with Gasteiger partial charge in [-0.15, -0.1) is 11.8 Å². The van der Waals surface area contributed by atoms with E-state index in [4.69, 9.17) is 13.9 Å². The maximum atomic E-state index is 12.3. The molecular weight excluding hydrogens is 326 g/mol. The Kier molecular flexibility index (Phi) is 3.92. The first-order valence-electron chi connectivity index (χ1n) is 7.98. The Morgan fingerprint density at radius 1 is 1.21 bits per heavy atom. The van der Waals surface area contributed by atoms with E-state index in [0.29, 0.717) is 12.3 Å². The summed E-state index contributed by atoms with van der Waals surface area (Å²) in [6.07, 6.45) is 0.776. The molecule has 5 nitrogen and oxygen atoms in total. The number of carbonyl (C=O) groups excluding carboxylic acids is 1. The second-order valence-corrected chi connectivity index (χ2v) is 7.14. The van der Waals surface area contributed by atoms with Crippen LogP contribution in [0.15, 0.2) is 28.7 Å². The summed E-state index contributed by atoms with van der Waals surface area (Å²) in [5, 5.41) is -0.0288. The molecule has 24 heavy (non-hydrogen) atoms. The van der Waals surface area contributed by atoms with Gasteiger partial charge in [-0.1, -0.05) is 6.07 Å². The minimum atomic E-state index is -0.0288. The molecule has 1 fully saturated rings. The highest BCUT2D eigenvalue weighted by Crippen LogP contribution is 2.40. The van der Waals surface area contributed by atoms with Crippen molar-refractivity contribution in [3.63, 3.8) is 0 Å². The first kappa shape index (κ1) is 15.4. The molecule has 4 rings (SSSR count). The lowest BCUT2D eigenvalue weighted by atomic mass is 10.1. The number of aryl methyl sites for hydroxylation is 2. The van der Waals surface area contributed by atoms with E-state index in [1.807, 2.05) is 43.0 Å². The van der Waals surface area contributed by atoms with Crippen LogP contribution >= 0.6 is 11.8 Å². The van der Waals surface area contributed by atoms with Gasteiger partial charge in [-0.2, -0.15) is 0 Å². The molecule has 6 heteroatoms. The monoisotopic (exact) mass is 345 g/mol. The van der Waals surface area contributed by atoms with E-state index in [1.54, 1.807) is 11.8 Å². The van der Waals surface area contributed by atoms with Gasteiger partial charge in [0.2, 0.25) is 12.7 Å². The van der Waals surface area contributed by atoms with Crippen LogP contribution in [0.3, 0.4) is 0 Å². The highest BCUT2D eigenvalue weighted by molar-refractivity contribution is 8.00. The van der Waals surface area contributed by atoms with E-state index in [0.717, 1.165) is 40.6 Å². The second-order valence-electron chi connectivity index (χ2n) is 6.08. The van der Waals surface area contributed by atoms with E-state index in [9.17, 15) is 4.79 Å². The van der Waals surface area contributed by atoms with Gasteiger partial charge in [0.05, 0.1) is 5.75 Å². The van der Waals surface area contributed by atoms with Crippen LogP contribution in [0.2, 0.25) is 0 Å². The van der Waals surface area contributed by atoms with Crippen molar-refractivity contribution in [1.29, 1.82) is 0 Å². The smallest absolute Gasteiger partial charge is 0.233 e. The summed E-state index contributed by atoms with van der Waals surface area (Å²) < 4.78 is 16.6. The van der Waals surface area contributed by atoms with Crippen LogP contribution in [0, 0.1) is 13.8 Å². The third-order valence-electron chi connectivity index (χ3n) is 4.47. The predicted octanol–water partition coefficient (Wildman–Crippen LogP) is 3.44. The maximum absolute atomic E-state index is 12.3. The molecule has 0 bridgehead atoms. The predicted molar refractivity (Wildman–Crippen MR) is 91.4 cm³/mol. The molecular formula is C18H19NO4S. The lowest BCUT2D eigenvalue weighted by Crippen LogP contribution is -2.30. The third kappa shape index (κ3) is 2.75. The van der Waals surface area contributed by atoms with Gasteiger partial charge in [-0.05, 0) is 49.6 Å². The molecule has 0 spiro atoms. The molecule has 2 aromatic rings. The van der Waals surface area contributed by atoms with Crippen LogP contribution in [0.1, 0.15) is 28.0 Å². The van der Waals surface area contributed by atoms with Crippen LogP contribution in [0.25, 0.3) is 0 Å². The average molecular weight is 345 g/mol. The zero-order chi connectivity index (χ0) is 16.7. The standard InChI is InChI=1S/C18H19NO4S/c1-11-7-16(23-12(11)2)18-19(17(20)9-24-18)6-5-13-3-4-14-15(8-13)22-10-21-14/h3-4,7-8,18H,5-6,9-10H2,1-2H3. The summed E-state index contributed by atoms with van der Waals surface area (Å²) in [6.45, 7) is 4.92. The van der Waals surface area contributed by atoms with Crippen LogP contribution in [0.5, 0.6) is 11.5 Å². The van der Waals surface area contributed by atoms with Crippen molar-refractivity contribution in [2.45, 2.75) is 25.6 Å². The van der Waals surface area contributed by atoms with Gasteiger partial charge in [-0.3, -0.25) is 4.79 Å². The summed E-state index contributed by atoms with van der Waals surface area (Å²) in [6, 6.07) is 7.98. The Labute approximate surface area is 144 Å². The summed E-state index contributed by atoms with van der Waals surface area (Å²) in [4.78, 5) is 14.2. The molecule has 0 radical (unpaired) electrons. The summed E-state index contributed by atoms with van der Waals surface area (Å²) in [7, 11) is 0. The van der Waals surface area contributed by atoms with Crippen molar-refractivity contribution in [3.05, 3.63) is 46.9 Å². The van der Waals surface area contributed by atoms with Gasteiger partial charge in [0.25, 0.3) is 0 Å². The molecule has 0 aliphatic carbocycles. The Morgan fingerprint density at radius 2 is 2.04 bits per heavy atom. The number of ether oxygens (including phenoxy) is 2. The van der Waals surface area contributed by atoms with Gasteiger partial charge in [0.15, 0.2) is 11.5 Å². The number of nitrogens with zero attached hydrogens (tertiary/aromatic N) is 1. The molecule has 1 aromatic heterocycles. The van der Waals surface area contributed by atoms with Crippen molar-refractivity contribution in [2.24, 2.45) is 0 Å². The Morgan fingerprint density at radius 3 is 2.83 bits per heavy atom. The third-order valence-corrected chi connectivity index (χ3v) is 5.69. The van der Waals surface area contributed by atoms with Crippen molar-refractivity contribution in [1.82, 2.24) is 4.90 Å². The summed E-state index contributed by atoms with van der Waals surface area (Å²) >= 11 is 1.63.